The molecule has 0 spiro atoms. The summed E-state index contributed by atoms with van der Waals surface area (Å²) < 4.78 is 0.890. The van der Waals surface area contributed by atoms with Gasteiger partial charge < -0.3 is 0 Å². The summed E-state index contributed by atoms with van der Waals surface area (Å²) in [7, 11) is 0. The highest BCUT2D eigenvalue weighted by Gasteiger charge is 2.53. The molecule has 4 aliphatic rings. The molecule has 0 amide bonds. The molecule has 1 aromatic rings. The molecule has 0 saturated heterocycles. The van der Waals surface area contributed by atoms with Crippen molar-refractivity contribution in [3.05, 3.63) is 21.3 Å². The van der Waals surface area contributed by atoms with Crippen LogP contribution in [0.5, 0.6) is 0 Å². The maximum absolute atomic E-state index is 6.07. The highest BCUT2D eigenvalue weighted by molar-refractivity contribution is 7.16. The maximum Gasteiger partial charge on any atom is 0.0931 e. The molecule has 4 fully saturated rings. The van der Waals surface area contributed by atoms with Crippen LogP contribution in [0.4, 0.5) is 0 Å². The molecular weight excluding hydrogens is 288 g/mol. The van der Waals surface area contributed by atoms with Gasteiger partial charge in [0, 0.05) is 10.9 Å². The van der Waals surface area contributed by atoms with Crippen LogP contribution >= 0.6 is 22.9 Å². The number of thiophene rings is 1. The van der Waals surface area contributed by atoms with E-state index in [9.17, 15) is 0 Å². The summed E-state index contributed by atoms with van der Waals surface area (Å²) in [4.78, 5) is 1.37. The van der Waals surface area contributed by atoms with Gasteiger partial charge in [0.2, 0.25) is 0 Å². The number of nitrogens with two attached hydrogens (primary N) is 1. The average Bonchev–Trinajstić information content (AvgIpc) is 2.80. The number of hydrogen-bond donors (Lipinski definition) is 2. The van der Waals surface area contributed by atoms with E-state index in [1.165, 1.54) is 43.4 Å². The van der Waals surface area contributed by atoms with Crippen molar-refractivity contribution >= 4 is 22.9 Å². The third-order valence-electron chi connectivity index (χ3n) is 6.06. The van der Waals surface area contributed by atoms with Crippen molar-refractivity contribution in [1.82, 2.24) is 5.43 Å². The van der Waals surface area contributed by atoms with E-state index in [1.807, 2.05) is 6.07 Å². The molecule has 1 heterocycles. The molecule has 1 atom stereocenters. The summed E-state index contributed by atoms with van der Waals surface area (Å²) in [6.07, 6.45) is 9.69. The van der Waals surface area contributed by atoms with Crippen molar-refractivity contribution in [2.75, 3.05) is 0 Å². The van der Waals surface area contributed by atoms with E-state index in [0.29, 0.717) is 11.5 Å². The average molecular weight is 311 g/mol. The van der Waals surface area contributed by atoms with Crippen molar-refractivity contribution in [3.8, 4) is 0 Å². The van der Waals surface area contributed by atoms with E-state index in [-0.39, 0.29) is 0 Å². The number of hydrazine groups is 1. The quantitative estimate of drug-likeness (QED) is 0.652. The normalized spacial score (nSPS) is 40.2. The Morgan fingerprint density at radius 2 is 1.80 bits per heavy atom. The topological polar surface area (TPSA) is 38.0 Å². The minimum Gasteiger partial charge on any atom is -0.271 e. The van der Waals surface area contributed by atoms with E-state index >= 15 is 0 Å². The summed E-state index contributed by atoms with van der Waals surface area (Å²) in [5, 5.41) is 0. The van der Waals surface area contributed by atoms with Crippen LogP contribution in [-0.2, 0) is 6.42 Å². The molecule has 4 heteroatoms. The van der Waals surface area contributed by atoms with Crippen LogP contribution in [0.15, 0.2) is 12.1 Å². The molecule has 1 aromatic heterocycles. The molecule has 0 aliphatic heterocycles. The van der Waals surface area contributed by atoms with E-state index in [1.54, 1.807) is 11.3 Å². The third-order valence-corrected chi connectivity index (χ3v) is 7.31. The number of rotatable bonds is 4. The van der Waals surface area contributed by atoms with Crippen molar-refractivity contribution in [2.24, 2.45) is 29.0 Å². The number of halogens is 1. The Morgan fingerprint density at radius 3 is 2.25 bits per heavy atom. The van der Waals surface area contributed by atoms with Gasteiger partial charge in [0.15, 0.2) is 0 Å². The minimum atomic E-state index is 0.422. The van der Waals surface area contributed by atoms with E-state index in [0.717, 1.165) is 28.5 Å². The zero-order valence-electron chi connectivity index (χ0n) is 11.8. The highest BCUT2D eigenvalue weighted by atomic mass is 35.5. The Morgan fingerprint density at radius 1 is 1.20 bits per heavy atom. The molecule has 4 bridgehead atoms. The van der Waals surface area contributed by atoms with E-state index in [4.69, 9.17) is 17.4 Å². The standard InChI is InChI=1S/C16H23ClN2S/c17-15-2-1-13(20-15)6-14(19-18)16-7-10-3-11(8-16)5-12(4-10)9-16/h1-2,10-12,14,19H,3-9,18H2. The SMILES string of the molecule is NNC(Cc1ccc(Cl)s1)C12CC3CC(CC(C3)C1)C2. The molecular formula is C16H23ClN2S. The van der Waals surface area contributed by atoms with Gasteiger partial charge in [-0.25, -0.2) is 0 Å². The molecule has 110 valence electrons. The van der Waals surface area contributed by atoms with Gasteiger partial charge in [0.1, 0.15) is 0 Å². The van der Waals surface area contributed by atoms with Crippen LogP contribution in [0.2, 0.25) is 4.34 Å². The lowest BCUT2D eigenvalue weighted by Crippen LogP contribution is -2.58. The molecule has 0 radical (unpaired) electrons. The summed E-state index contributed by atoms with van der Waals surface area (Å²) in [5.41, 5.74) is 3.64. The molecule has 1 unspecified atom stereocenters. The van der Waals surface area contributed by atoms with Crippen LogP contribution in [0.25, 0.3) is 0 Å². The number of hydrogen-bond acceptors (Lipinski definition) is 3. The molecule has 3 N–H and O–H groups in total. The zero-order valence-corrected chi connectivity index (χ0v) is 13.3. The molecule has 0 aromatic carbocycles. The molecule has 20 heavy (non-hydrogen) atoms. The first kappa shape index (κ1) is 13.6. The fraction of sp³-hybridized carbons (Fsp3) is 0.750. The lowest BCUT2D eigenvalue weighted by Gasteiger charge is -2.59. The predicted octanol–water partition coefficient (Wildman–Crippen LogP) is 3.99. The van der Waals surface area contributed by atoms with E-state index < -0.39 is 0 Å². The summed E-state index contributed by atoms with van der Waals surface area (Å²) in [5.74, 6) is 8.90. The first-order valence-corrected chi connectivity index (χ1v) is 9.07. The molecule has 4 aliphatic carbocycles. The Labute approximate surface area is 130 Å². The van der Waals surface area contributed by atoms with Gasteiger partial charge in [-0.1, -0.05) is 11.6 Å². The Balaban J connectivity index is 1.57. The second kappa shape index (κ2) is 4.98. The second-order valence-electron chi connectivity index (χ2n) is 7.41. The smallest absolute Gasteiger partial charge is 0.0931 e. The first-order valence-electron chi connectivity index (χ1n) is 7.87. The second-order valence-corrected chi connectivity index (χ2v) is 9.21. The Bertz CT molecular complexity index is 463. The van der Waals surface area contributed by atoms with Crippen LogP contribution < -0.4 is 11.3 Å². The van der Waals surface area contributed by atoms with Crippen LogP contribution in [0.1, 0.15) is 43.4 Å². The van der Waals surface area contributed by atoms with Gasteiger partial charge >= 0.3 is 0 Å². The molecule has 4 saturated carbocycles. The fourth-order valence-corrected chi connectivity index (χ4v) is 6.85. The summed E-state index contributed by atoms with van der Waals surface area (Å²) in [6, 6.07) is 4.60. The monoisotopic (exact) mass is 310 g/mol. The van der Waals surface area contributed by atoms with Gasteiger partial charge in [0.25, 0.3) is 0 Å². The zero-order chi connectivity index (χ0) is 13.7. The highest BCUT2D eigenvalue weighted by Crippen LogP contribution is 2.61. The Kier molecular flexibility index (Phi) is 3.38. The van der Waals surface area contributed by atoms with Crippen molar-refractivity contribution in [2.45, 2.75) is 51.0 Å². The maximum atomic E-state index is 6.07. The lowest BCUT2D eigenvalue weighted by molar-refractivity contribution is -0.0736. The third kappa shape index (κ3) is 2.23. The van der Waals surface area contributed by atoms with E-state index in [2.05, 4.69) is 11.5 Å². The largest absolute Gasteiger partial charge is 0.271 e. The minimum absolute atomic E-state index is 0.422. The van der Waals surface area contributed by atoms with Gasteiger partial charge in [-0.05, 0) is 80.2 Å². The molecule has 5 rings (SSSR count). The predicted molar refractivity (Wildman–Crippen MR) is 84.7 cm³/mol. The van der Waals surface area contributed by atoms with Crippen molar-refractivity contribution in [1.29, 1.82) is 0 Å². The van der Waals surface area contributed by atoms with Crippen LogP contribution in [0, 0.1) is 23.2 Å². The van der Waals surface area contributed by atoms with Crippen LogP contribution in [-0.4, -0.2) is 6.04 Å². The molecule has 2 nitrogen and oxygen atoms in total. The fourth-order valence-electron chi connectivity index (χ4n) is 5.72. The lowest BCUT2D eigenvalue weighted by atomic mass is 9.47. The van der Waals surface area contributed by atoms with Gasteiger partial charge in [0.05, 0.1) is 4.34 Å². The van der Waals surface area contributed by atoms with Gasteiger partial charge in [-0.2, -0.15) is 0 Å². The summed E-state index contributed by atoms with van der Waals surface area (Å²) >= 11 is 7.78. The van der Waals surface area contributed by atoms with Gasteiger partial charge in [-0.3, -0.25) is 11.3 Å². The first-order chi connectivity index (χ1) is 9.67. The Hall–Kier alpha value is -0.0900. The van der Waals surface area contributed by atoms with Crippen LogP contribution in [0.3, 0.4) is 0 Å². The number of nitrogens with one attached hydrogen (secondary N) is 1. The summed E-state index contributed by atoms with van der Waals surface area (Å²) in [6.45, 7) is 0. The van der Waals surface area contributed by atoms with Crippen molar-refractivity contribution in [3.63, 3.8) is 0 Å². The van der Waals surface area contributed by atoms with Gasteiger partial charge in [-0.15, -0.1) is 11.3 Å². The van der Waals surface area contributed by atoms with Crippen molar-refractivity contribution < 1.29 is 0 Å².